The van der Waals surface area contributed by atoms with Crippen molar-refractivity contribution in [2.45, 2.75) is 32.7 Å². The first-order valence-corrected chi connectivity index (χ1v) is 8.70. The molecule has 9 heteroatoms. The summed E-state index contributed by atoms with van der Waals surface area (Å²) in [4.78, 5) is 48.4. The maximum atomic E-state index is 12.5. The fourth-order valence-electron chi connectivity index (χ4n) is 2.96. The summed E-state index contributed by atoms with van der Waals surface area (Å²) in [5.74, 6) is -1.25. The van der Waals surface area contributed by atoms with E-state index in [0.717, 1.165) is 19.2 Å². The monoisotopic (exact) mass is 377 g/mol. The quantitative estimate of drug-likeness (QED) is 0.474. The van der Waals surface area contributed by atoms with E-state index in [1.807, 2.05) is 13.8 Å². The lowest BCUT2D eigenvalue weighted by molar-refractivity contribution is -0.384. The third kappa shape index (κ3) is 5.02. The van der Waals surface area contributed by atoms with Crippen LogP contribution < -0.4 is 5.32 Å². The van der Waals surface area contributed by atoms with Gasteiger partial charge in [0.25, 0.3) is 11.6 Å². The summed E-state index contributed by atoms with van der Waals surface area (Å²) >= 11 is 0. The number of piperidine rings is 1. The smallest absolute Gasteiger partial charge is 0.338 e. The molecule has 0 atom stereocenters. The van der Waals surface area contributed by atoms with Gasteiger partial charge in [0, 0.05) is 42.7 Å². The maximum Gasteiger partial charge on any atom is 0.338 e. The molecule has 1 N–H and O–H groups in total. The number of benzene rings is 1. The molecule has 0 radical (unpaired) electrons. The number of methoxy groups -OCH3 is 1. The van der Waals surface area contributed by atoms with Gasteiger partial charge in [-0.25, -0.2) is 4.79 Å². The molecule has 0 aromatic heterocycles. The van der Waals surface area contributed by atoms with Crippen LogP contribution in [0, 0.1) is 16.0 Å². The van der Waals surface area contributed by atoms with Crippen LogP contribution in [0.5, 0.6) is 0 Å². The van der Waals surface area contributed by atoms with E-state index < -0.39 is 16.8 Å². The molecule has 1 aromatic rings. The molecule has 1 aromatic carbocycles. The first-order chi connectivity index (χ1) is 12.7. The summed E-state index contributed by atoms with van der Waals surface area (Å²) in [6, 6.07) is 3.32. The molecule has 1 saturated heterocycles. The summed E-state index contributed by atoms with van der Waals surface area (Å²) in [5, 5.41) is 13.9. The first-order valence-electron chi connectivity index (χ1n) is 8.70. The van der Waals surface area contributed by atoms with E-state index >= 15 is 0 Å². The third-order valence-corrected chi connectivity index (χ3v) is 4.45. The molecule has 1 aliphatic rings. The molecular weight excluding hydrogens is 354 g/mol. The average Bonchev–Trinajstić information content (AvgIpc) is 2.66. The lowest BCUT2D eigenvalue weighted by Crippen LogP contribution is -2.47. The standard InChI is InChI=1S/C18H23N3O6/c1-11(2)17(23)20-6-4-14(5-7-20)19-16(22)12-8-13(18(24)27-3)10-15(9-12)21(25)26/h8-11,14H,4-7H2,1-3H3,(H,19,22). The van der Waals surface area contributed by atoms with Crippen LogP contribution in [0.3, 0.4) is 0 Å². The number of nitro groups is 1. The molecule has 0 spiro atoms. The number of likely N-dealkylation sites (tertiary alicyclic amines) is 1. The second-order valence-corrected chi connectivity index (χ2v) is 6.74. The van der Waals surface area contributed by atoms with Gasteiger partial charge in [0.2, 0.25) is 5.91 Å². The van der Waals surface area contributed by atoms with Gasteiger partial charge in [-0.1, -0.05) is 13.8 Å². The highest BCUT2D eigenvalue weighted by atomic mass is 16.6. The Bertz CT molecular complexity index is 753. The molecule has 0 saturated carbocycles. The lowest BCUT2D eigenvalue weighted by atomic mass is 10.0. The Morgan fingerprint density at radius 2 is 1.78 bits per heavy atom. The molecule has 0 aliphatic carbocycles. The van der Waals surface area contributed by atoms with Crippen LogP contribution >= 0.6 is 0 Å². The number of nitro benzene ring substituents is 1. The number of non-ortho nitro benzene ring substituents is 1. The van der Waals surface area contributed by atoms with Crippen LogP contribution in [0.4, 0.5) is 5.69 Å². The molecule has 1 fully saturated rings. The Morgan fingerprint density at radius 1 is 1.19 bits per heavy atom. The van der Waals surface area contributed by atoms with Crippen LogP contribution in [0.15, 0.2) is 18.2 Å². The summed E-state index contributed by atoms with van der Waals surface area (Å²) in [6.07, 6.45) is 1.20. The normalized spacial score (nSPS) is 14.7. The minimum Gasteiger partial charge on any atom is -0.465 e. The molecule has 1 heterocycles. The highest BCUT2D eigenvalue weighted by Crippen LogP contribution is 2.19. The van der Waals surface area contributed by atoms with Gasteiger partial charge in [-0.3, -0.25) is 19.7 Å². The van der Waals surface area contributed by atoms with Crippen LogP contribution in [0.1, 0.15) is 47.4 Å². The minimum atomic E-state index is -0.756. The zero-order valence-corrected chi connectivity index (χ0v) is 15.6. The molecular formula is C18H23N3O6. The number of rotatable bonds is 5. The molecule has 27 heavy (non-hydrogen) atoms. The van der Waals surface area contributed by atoms with Crippen molar-refractivity contribution in [2.24, 2.45) is 5.92 Å². The van der Waals surface area contributed by atoms with E-state index in [2.05, 4.69) is 10.1 Å². The van der Waals surface area contributed by atoms with Crippen LogP contribution in [-0.2, 0) is 9.53 Å². The van der Waals surface area contributed by atoms with Gasteiger partial charge in [0.05, 0.1) is 17.6 Å². The molecule has 2 amide bonds. The number of carbonyl (C=O) groups excluding carboxylic acids is 3. The van der Waals surface area contributed by atoms with Crippen molar-refractivity contribution in [3.63, 3.8) is 0 Å². The van der Waals surface area contributed by atoms with Gasteiger partial charge >= 0.3 is 5.97 Å². The predicted octanol–water partition coefficient (Wildman–Crippen LogP) is 1.76. The van der Waals surface area contributed by atoms with Gasteiger partial charge in [0.15, 0.2) is 0 Å². The van der Waals surface area contributed by atoms with Crippen molar-refractivity contribution in [3.8, 4) is 0 Å². The molecule has 2 rings (SSSR count). The highest BCUT2D eigenvalue weighted by Gasteiger charge is 2.26. The fraction of sp³-hybridized carbons (Fsp3) is 0.500. The molecule has 146 valence electrons. The Balaban J connectivity index is 2.08. The van der Waals surface area contributed by atoms with Crippen LogP contribution in [-0.4, -0.2) is 53.8 Å². The zero-order valence-electron chi connectivity index (χ0n) is 15.6. The minimum absolute atomic E-state index is 0.0188. The summed E-state index contributed by atoms with van der Waals surface area (Å²) < 4.78 is 4.58. The Hall–Kier alpha value is -2.97. The topological polar surface area (TPSA) is 119 Å². The van der Waals surface area contributed by atoms with Gasteiger partial charge < -0.3 is 15.0 Å². The van der Waals surface area contributed by atoms with E-state index in [0.29, 0.717) is 25.9 Å². The van der Waals surface area contributed by atoms with E-state index in [1.165, 1.54) is 6.07 Å². The summed E-state index contributed by atoms with van der Waals surface area (Å²) in [6.45, 7) is 4.78. The van der Waals surface area contributed by atoms with Crippen molar-refractivity contribution in [2.75, 3.05) is 20.2 Å². The molecule has 0 unspecified atom stereocenters. The largest absolute Gasteiger partial charge is 0.465 e. The van der Waals surface area contributed by atoms with E-state index in [1.54, 1.807) is 4.90 Å². The molecule has 1 aliphatic heterocycles. The Labute approximate surface area is 156 Å². The zero-order chi connectivity index (χ0) is 20.1. The lowest BCUT2D eigenvalue weighted by Gasteiger charge is -2.33. The summed E-state index contributed by atoms with van der Waals surface area (Å²) in [7, 11) is 1.16. The third-order valence-electron chi connectivity index (χ3n) is 4.45. The van der Waals surface area contributed by atoms with Crippen LogP contribution in [0.25, 0.3) is 0 Å². The second-order valence-electron chi connectivity index (χ2n) is 6.74. The van der Waals surface area contributed by atoms with E-state index in [4.69, 9.17) is 0 Å². The molecule has 0 bridgehead atoms. The molecule has 9 nitrogen and oxygen atoms in total. The number of ether oxygens (including phenoxy) is 1. The van der Waals surface area contributed by atoms with E-state index in [9.17, 15) is 24.5 Å². The van der Waals surface area contributed by atoms with Gasteiger partial charge in [-0.15, -0.1) is 0 Å². The average molecular weight is 377 g/mol. The van der Waals surface area contributed by atoms with Gasteiger partial charge in [-0.2, -0.15) is 0 Å². The van der Waals surface area contributed by atoms with Crippen molar-refractivity contribution in [1.29, 1.82) is 0 Å². The number of esters is 1. The SMILES string of the molecule is COC(=O)c1cc(C(=O)NC2CCN(C(=O)C(C)C)CC2)cc([N+](=O)[O-])c1. The fourth-order valence-corrected chi connectivity index (χ4v) is 2.96. The van der Waals surface area contributed by atoms with Gasteiger partial charge in [0.1, 0.15) is 0 Å². The maximum absolute atomic E-state index is 12.5. The van der Waals surface area contributed by atoms with Crippen molar-refractivity contribution in [1.82, 2.24) is 10.2 Å². The van der Waals surface area contributed by atoms with Crippen LogP contribution in [0.2, 0.25) is 0 Å². The number of nitrogens with one attached hydrogen (secondary N) is 1. The second kappa shape index (κ2) is 8.61. The Morgan fingerprint density at radius 3 is 2.30 bits per heavy atom. The number of carbonyl (C=O) groups is 3. The summed E-state index contributed by atoms with van der Waals surface area (Å²) in [5.41, 5.74) is -0.403. The predicted molar refractivity (Wildman–Crippen MR) is 96.3 cm³/mol. The Kier molecular flexibility index (Phi) is 6.49. The van der Waals surface area contributed by atoms with Gasteiger partial charge in [-0.05, 0) is 18.9 Å². The van der Waals surface area contributed by atoms with Crippen molar-refractivity contribution < 1.29 is 24.0 Å². The number of hydrogen-bond donors (Lipinski definition) is 1. The highest BCUT2D eigenvalue weighted by molar-refractivity contribution is 5.99. The van der Waals surface area contributed by atoms with Crippen molar-refractivity contribution >= 4 is 23.5 Å². The number of hydrogen-bond acceptors (Lipinski definition) is 6. The number of amides is 2. The number of nitrogens with zero attached hydrogens (tertiary/aromatic N) is 2. The van der Waals surface area contributed by atoms with Crippen molar-refractivity contribution in [3.05, 3.63) is 39.4 Å². The first kappa shape index (κ1) is 20.3. The van der Waals surface area contributed by atoms with E-state index in [-0.39, 0.29) is 34.7 Å².